The van der Waals surface area contributed by atoms with Crippen LogP contribution in [0.1, 0.15) is 23.2 Å². The maximum atomic E-state index is 13.8. The average molecular weight is 384 g/mol. The van der Waals surface area contributed by atoms with Gasteiger partial charge in [0.15, 0.2) is 0 Å². The summed E-state index contributed by atoms with van der Waals surface area (Å²) in [5.74, 6) is -1.68. The van der Waals surface area contributed by atoms with Crippen LogP contribution >= 0.6 is 28.3 Å². The van der Waals surface area contributed by atoms with Gasteiger partial charge in [0.1, 0.15) is 17.2 Å². The number of hydrogen-bond acceptors (Lipinski definition) is 2. The number of nitrogens with zero attached hydrogens (tertiary/aromatic N) is 1. The largest absolute Gasteiger partial charge is 0.338 e. The van der Waals surface area contributed by atoms with Crippen molar-refractivity contribution < 1.29 is 13.6 Å². The molecule has 1 N–H and O–H groups in total. The van der Waals surface area contributed by atoms with Crippen LogP contribution in [0, 0.1) is 17.6 Å². The van der Waals surface area contributed by atoms with E-state index in [0.29, 0.717) is 19.0 Å². The van der Waals surface area contributed by atoms with Crippen molar-refractivity contribution in [1.29, 1.82) is 0 Å². The molecule has 0 unspecified atom stereocenters. The zero-order valence-electron chi connectivity index (χ0n) is 11.7. The average Bonchev–Trinajstić information content (AvgIpc) is 2.38. The Bertz CT molecular complexity index is 485. The quantitative estimate of drug-likeness (QED) is 0.869. The highest BCUT2D eigenvalue weighted by Gasteiger charge is 2.27. The molecule has 0 aromatic heterocycles. The Balaban J connectivity index is 0.00000220. The highest BCUT2D eigenvalue weighted by molar-refractivity contribution is 9.10. The van der Waals surface area contributed by atoms with Gasteiger partial charge in [0.05, 0.1) is 0 Å². The van der Waals surface area contributed by atoms with Crippen molar-refractivity contribution in [2.24, 2.45) is 5.92 Å². The predicted molar refractivity (Wildman–Crippen MR) is 83.9 cm³/mol. The van der Waals surface area contributed by atoms with Crippen LogP contribution in [0.5, 0.6) is 0 Å². The second-order valence-electron chi connectivity index (χ2n) is 5.04. The van der Waals surface area contributed by atoms with Gasteiger partial charge in [-0.25, -0.2) is 8.78 Å². The summed E-state index contributed by atoms with van der Waals surface area (Å²) in [6.45, 7) is 1.99. The van der Waals surface area contributed by atoms with Gasteiger partial charge in [-0.2, -0.15) is 0 Å². The van der Waals surface area contributed by atoms with Crippen molar-refractivity contribution in [3.05, 3.63) is 33.8 Å². The number of amides is 1. The Kier molecular flexibility index (Phi) is 7.03. The van der Waals surface area contributed by atoms with E-state index in [1.807, 2.05) is 7.05 Å². The molecule has 2 rings (SSSR count). The SMILES string of the molecule is CNCC1CCN(C(=O)c2c(F)cc(Br)cc2F)CC1.Cl. The van der Waals surface area contributed by atoms with Gasteiger partial charge in [0.2, 0.25) is 0 Å². The van der Waals surface area contributed by atoms with E-state index in [9.17, 15) is 13.6 Å². The molecule has 0 aliphatic carbocycles. The fourth-order valence-electron chi connectivity index (χ4n) is 2.53. The first kappa shape index (κ1) is 18.3. The highest BCUT2D eigenvalue weighted by Crippen LogP contribution is 2.23. The van der Waals surface area contributed by atoms with Crippen molar-refractivity contribution in [1.82, 2.24) is 10.2 Å². The number of hydrogen-bond donors (Lipinski definition) is 1. The van der Waals surface area contributed by atoms with Crippen LogP contribution in [-0.2, 0) is 0 Å². The van der Waals surface area contributed by atoms with Crippen molar-refractivity contribution in [2.45, 2.75) is 12.8 Å². The molecule has 1 aromatic rings. The maximum absolute atomic E-state index is 13.8. The van der Waals surface area contributed by atoms with E-state index in [4.69, 9.17) is 0 Å². The summed E-state index contributed by atoms with van der Waals surface area (Å²) >= 11 is 3.01. The molecule has 0 spiro atoms. The zero-order valence-corrected chi connectivity index (χ0v) is 14.1. The number of piperidine rings is 1. The molecule has 1 fully saturated rings. The monoisotopic (exact) mass is 382 g/mol. The third kappa shape index (κ3) is 4.37. The van der Waals surface area contributed by atoms with Gasteiger partial charge in [-0.1, -0.05) is 15.9 Å². The van der Waals surface area contributed by atoms with Gasteiger partial charge in [-0.05, 0) is 44.5 Å². The van der Waals surface area contributed by atoms with E-state index in [1.54, 1.807) is 0 Å². The van der Waals surface area contributed by atoms with Crippen LogP contribution in [0.3, 0.4) is 0 Å². The summed E-state index contributed by atoms with van der Waals surface area (Å²) in [5, 5.41) is 3.11. The third-order valence-electron chi connectivity index (χ3n) is 3.62. The molecule has 0 atom stereocenters. The summed E-state index contributed by atoms with van der Waals surface area (Å²) in [5.41, 5.74) is -0.458. The van der Waals surface area contributed by atoms with E-state index >= 15 is 0 Å². The Morgan fingerprint density at radius 2 is 1.86 bits per heavy atom. The molecule has 0 bridgehead atoms. The molecule has 1 aliphatic rings. The van der Waals surface area contributed by atoms with E-state index in [1.165, 1.54) is 4.90 Å². The number of nitrogens with one attached hydrogen (secondary N) is 1. The zero-order chi connectivity index (χ0) is 14.7. The Labute approximate surface area is 137 Å². The summed E-state index contributed by atoms with van der Waals surface area (Å²) < 4.78 is 27.9. The Morgan fingerprint density at radius 3 is 2.33 bits per heavy atom. The molecular weight excluding hydrogens is 366 g/mol. The fraction of sp³-hybridized carbons (Fsp3) is 0.500. The van der Waals surface area contributed by atoms with Gasteiger partial charge in [-0.15, -0.1) is 12.4 Å². The van der Waals surface area contributed by atoms with Crippen molar-refractivity contribution in [3.8, 4) is 0 Å². The minimum atomic E-state index is -0.820. The number of carbonyl (C=O) groups is 1. The van der Waals surface area contributed by atoms with Gasteiger partial charge < -0.3 is 10.2 Å². The van der Waals surface area contributed by atoms with Crippen LogP contribution in [0.25, 0.3) is 0 Å². The standard InChI is InChI=1S/C14H17BrF2N2O.ClH/c1-18-8-9-2-4-19(5-3-9)14(20)13-11(16)6-10(15)7-12(13)17;/h6-7,9,18H,2-5,8H2,1H3;1H. The Hall–Kier alpha value is -0.720. The molecule has 0 saturated carbocycles. The highest BCUT2D eigenvalue weighted by atomic mass is 79.9. The van der Waals surface area contributed by atoms with E-state index < -0.39 is 23.1 Å². The van der Waals surface area contributed by atoms with Gasteiger partial charge in [-0.3, -0.25) is 4.79 Å². The van der Waals surface area contributed by atoms with Crippen molar-refractivity contribution in [2.75, 3.05) is 26.7 Å². The molecule has 7 heteroatoms. The fourth-order valence-corrected chi connectivity index (χ4v) is 2.94. The first-order chi connectivity index (χ1) is 9.52. The second-order valence-corrected chi connectivity index (χ2v) is 5.95. The summed E-state index contributed by atoms with van der Waals surface area (Å²) in [6.07, 6.45) is 1.71. The van der Waals surface area contributed by atoms with Gasteiger partial charge in [0.25, 0.3) is 5.91 Å². The molecule has 118 valence electrons. The van der Waals surface area contributed by atoms with Crippen LogP contribution < -0.4 is 5.32 Å². The van der Waals surface area contributed by atoms with Crippen molar-refractivity contribution in [3.63, 3.8) is 0 Å². The minimum absolute atomic E-state index is 0. The van der Waals surface area contributed by atoms with Crippen LogP contribution in [0.2, 0.25) is 0 Å². The number of rotatable bonds is 3. The molecule has 1 saturated heterocycles. The summed E-state index contributed by atoms with van der Waals surface area (Å²) in [4.78, 5) is 13.8. The maximum Gasteiger partial charge on any atom is 0.259 e. The molecule has 1 amide bonds. The lowest BCUT2D eigenvalue weighted by atomic mass is 9.96. The first-order valence-corrected chi connectivity index (χ1v) is 7.40. The second kappa shape index (κ2) is 8.06. The lowest BCUT2D eigenvalue weighted by Gasteiger charge is -2.32. The van der Waals surface area contributed by atoms with Crippen LogP contribution in [0.15, 0.2) is 16.6 Å². The molecule has 0 radical (unpaired) electrons. The Morgan fingerprint density at radius 1 is 1.33 bits per heavy atom. The summed E-state index contributed by atoms with van der Waals surface area (Å²) in [6, 6.07) is 2.23. The van der Waals surface area contributed by atoms with Crippen LogP contribution in [-0.4, -0.2) is 37.5 Å². The topological polar surface area (TPSA) is 32.3 Å². The predicted octanol–water partition coefficient (Wildman–Crippen LogP) is 3.22. The molecule has 3 nitrogen and oxygen atoms in total. The first-order valence-electron chi connectivity index (χ1n) is 6.61. The molecule has 21 heavy (non-hydrogen) atoms. The lowest BCUT2D eigenvalue weighted by Crippen LogP contribution is -2.41. The lowest BCUT2D eigenvalue weighted by molar-refractivity contribution is 0.0681. The molecule has 1 aromatic carbocycles. The normalized spacial score (nSPS) is 15.7. The number of likely N-dealkylation sites (tertiary alicyclic amines) is 1. The smallest absolute Gasteiger partial charge is 0.259 e. The number of benzene rings is 1. The van der Waals surface area contributed by atoms with Crippen molar-refractivity contribution >= 4 is 34.2 Å². The van der Waals surface area contributed by atoms with Crippen LogP contribution in [0.4, 0.5) is 8.78 Å². The third-order valence-corrected chi connectivity index (χ3v) is 4.07. The van der Waals surface area contributed by atoms with E-state index in [0.717, 1.165) is 31.5 Å². The number of carbonyl (C=O) groups excluding carboxylic acids is 1. The molecule has 1 aliphatic heterocycles. The van der Waals surface area contributed by atoms with Gasteiger partial charge >= 0.3 is 0 Å². The molecular formula is C14H18BrClF2N2O. The number of halogens is 4. The van der Waals surface area contributed by atoms with Gasteiger partial charge in [0, 0.05) is 17.6 Å². The molecule has 1 heterocycles. The van der Waals surface area contributed by atoms with E-state index in [2.05, 4.69) is 21.2 Å². The summed E-state index contributed by atoms with van der Waals surface area (Å²) in [7, 11) is 1.89. The van der Waals surface area contributed by atoms with E-state index in [-0.39, 0.29) is 16.9 Å². The minimum Gasteiger partial charge on any atom is -0.338 e.